The molecule has 0 heterocycles. The lowest BCUT2D eigenvalue weighted by Gasteiger charge is -2.19. The first-order valence-electron chi connectivity index (χ1n) is 21.1. The molecule has 0 aromatic rings. The van der Waals surface area contributed by atoms with E-state index in [0.717, 1.165) is 70.6 Å². The minimum atomic E-state index is -0.872. The molecule has 0 saturated carbocycles. The molecule has 288 valence electrons. The molecule has 0 radical (unpaired) electrons. The molecule has 2 atom stereocenters. The monoisotopic (exact) mass is 692 g/mol. The number of carbonyl (C=O) groups excluding carboxylic acids is 2. The molecule has 49 heavy (non-hydrogen) atoms. The number of carbonyl (C=O) groups is 2. The van der Waals surface area contributed by atoms with Crippen molar-refractivity contribution in [2.45, 2.75) is 225 Å². The lowest BCUT2D eigenvalue weighted by Crippen LogP contribution is -2.45. The Balaban J connectivity index is 3.60. The molecular formula is C43H81NO5. The van der Waals surface area contributed by atoms with Crippen molar-refractivity contribution < 1.29 is 24.5 Å². The molecule has 1 amide bonds. The van der Waals surface area contributed by atoms with Gasteiger partial charge in [0.1, 0.15) is 0 Å². The molecule has 0 aliphatic rings. The molecule has 0 rings (SSSR count). The molecule has 6 nitrogen and oxygen atoms in total. The number of amides is 1. The van der Waals surface area contributed by atoms with Crippen LogP contribution in [0.5, 0.6) is 0 Å². The van der Waals surface area contributed by atoms with Gasteiger partial charge >= 0.3 is 5.97 Å². The molecule has 0 aliphatic heterocycles. The number of nitrogens with one attached hydrogen (secondary N) is 1. The van der Waals surface area contributed by atoms with Crippen molar-refractivity contribution in [2.24, 2.45) is 0 Å². The summed E-state index contributed by atoms with van der Waals surface area (Å²) in [6, 6.07) is -0.662. The van der Waals surface area contributed by atoms with Crippen LogP contribution in [0.3, 0.4) is 0 Å². The largest absolute Gasteiger partial charge is 0.466 e. The van der Waals surface area contributed by atoms with Gasteiger partial charge in [-0.15, -0.1) is 0 Å². The number of aliphatic hydroxyl groups is 2. The van der Waals surface area contributed by atoms with Crippen molar-refractivity contribution in [1.29, 1.82) is 0 Å². The first kappa shape index (κ1) is 47.3. The van der Waals surface area contributed by atoms with E-state index in [1.807, 2.05) is 6.08 Å². The van der Waals surface area contributed by atoms with E-state index in [9.17, 15) is 19.8 Å². The van der Waals surface area contributed by atoms with Crippen LogP contribution < -0.4 is 5.32 Å². The average Bonchev–Trinajstić information content (AvgIpc) is 3.10. The molecule has 0 aromatic carbocycles. The van der Waals surface area contributed by atoms with Crippen molar-refractivity contribution in [1.82, 2.24) is 5.32 Å². The zero-order valence-electron chi connectivity index (χ0n) is 32.4. The number of ether oxygens (including phenoxy) is 1. The van der Waals surface area contributed by atoms with Crippen molar-refractivity contribution in [3.63, 3.8) is 0 Å². The molecule has 0 bridgehead atoms. The van der Waals surface area contributed by atoms with Gasteiger partial charge in [0.15, 0.2) is 0 Å². The molecule has 3 N–H and O–H groups in total. The predicted molar refractivity (Wildman–Crippen MR) is 209 cm³/mol. The van der Waals surface area contributed by atoms with Gasteiger partial charge in [-0.05, 0) is 51.4 Å². The van der Waals surface area contributed by atoms with Crippen LogP contribution in [0.2, 0.25) is 0 Å². The molecule has 0 fully saturated rings. The summed E-state index contributed by atoms with van der Waals surface area (Å²) in [5.74, 6) is -0.170. The fourth-order valence-corrected chi connectivity index (χ4v) is 6.16. The SMILES string of the molecule is CCCCCCCCCCC/C=C/C(O)C(CO)NC(=O)CCC/C=C\CCCCCCOC(=O)CCCCCCCCCCCCCC. The zero-order valence-corrected chi connectivity index (χ0v) is 32.4. The van der Waals surface area contributed by atoms with Gasteiger partial charge in [0.05, 0.1) is 25.4 Å². The van der Waals surface area contributed by atoms with E-state index >= 15 is 0 Å². The number of unbranched alkanes of at least 4 members (excludes halogenated alkanes) is 25. The number of allylic oxidation sites excluding steroid dienone is 3. The number of esters is 1. The van der Waals surface area contributed by atoms with E-state index in [0.29, 0.717) is 19.4 Å². The second-order valence-electron chi connectivity index (χ2n) is 14.3. The lowest BCUT2D eigenvalue weighted by atomic mass is 10.0. The second-order valence-corrected chi connectivity index (χ2v) is 14.3. The van der Waals surface area contributed by atoms with Gasteiger partial charge in [-0.2, -0.15) is 0 Å². The van der Waals surface area contributed by atoms with Crippen molar-refractivity contribution in [3.8, 4) is 0 Å². The first-order chi connectivity index (χ1) is 24.0. The summed E-state index contributed by atoms with van der Waals surface area (Å²) in [4.78, 5) is 24.3. The Kier molecular flexibility index (Phi) is 37.8. The summed E-state index contributed by atoms with van der Waals surface area (Å²) in [7, 11) is 0. The molecule has 0 aromatic heterocycles. The summed E-state index contributed by atoms with van der Waals surface area (Å²) in [6.07, 6.45) is 43.1. The van der Waals surface area contributed by atoms with Crippen LogP contribution in [-0.2, 0) is 14.3 Å². The van der Waals surface area contributed by atoms with Crippen molar-refractivity contribution in [2.75, 3.05) is 13.2 Å². The van der Waals surface area contributed by atoms with Gasteiger partial charge < -0.3 is 20.3 Å². The van der Waals surface area contributed by atoms with Gasteiger partial charge in [-0.25, -0.2) is 0 Å². The highest BCUT2D eigenvalue weighted by Gasteiger charge is 2.17. The maximum absolute atomic E-state index is 12.3. The summed E-state index contributed by atoms with van der Waals surface area (Å²) in [5.41, 5.74) is 0. The van der Waals surface area contributed by atoms with Crippen LogP contribution in [0.1, 0.15) is 213 Å². The minimum absolute atomic E-state index is 0.0387. The second kappa shape index (κ2) is 39.1. The number of rotatable bonds is 38. The normalized spacial score (nSPS) is 13.0. The molecule has 0 saturated heterocycles. The zero-order chi connectivity index (χ0) is 35.9. The van der Waals surface area contributed by atoms with Gasteiger partial charge in [0, 0.05) is 12.8 Å². The van der Waals surface area contributed by atoms with E-state index in [2.05, 4.69) is 31.3 Å². The van der Waals surface area contributed by atoms with Crippen LogP contribution in [0, 0.1) is 0 Å². The van der Waals surface area contributed by atoms with Crippen molar-refractivity contribution in [3.05, 3.63) is 24.3 Å². The topological polar surface area (TPSA) is 95.9 Å². The van der Waals surface area contributed by atoms with Crippen LogP contribution in [0.25, 0.3) is 0 Å². The highest BCUT2D eigenvalue weighted by Crippen LogP contribution is 2.14. The number of hydrogen-bond donors (Lipinski definition) is 3. The van der Waals surface area contributed by atoms with Crippen LogP contribution in [0.15, 0.2) is 24.3 Å². The third-order valence-corrected chi connectivity index (χ3v) is 9.47. The Morgan fingerprint density at radius 1 is 0.551 bits per heavy atom. The molecule has 6 heteroatoms. The van der Waals surface area contributed by atoms with Gasteiger partial charge in [0.25, 0.3) is 0 Å². The first-order valence-corrected chi connectivity index (χ1v) is 21.1. The fraction of sp³-hybridized carbons (Fsp3) is 0.860. The van der Waals surface area contributed by atoms with Crippen LogP contribution in [-0.4, -0.2) is 47.4 Å². The quantitative estimate of drug-likeness (QED) is 0.0340. The fourth-order valence-electron chi connectivity index (χ4n) is 6.16. The third kappa shape index (κ3) is 36.0. The van der Waals surface area contributed by atoms with Gasteiger partial charge in [0.2, 0.25) is 5.91 Å². The Hall–Kier alpha value is -1.66. The van der Waals surface area contributed by atoms with Gasteiger partial charge in [-0.3, -0.25) is 9.59 Å². The molecule has 0 aliphatic carbocycles. The Bertz CT molecular complexity index is 767. The maximum atomic E-state index is 12.3. The highest BCUT2D eigenvalue weighted by molar-refractivity contribution is 5.76. The standard InChI is InChI=1S/C43H81NO5/c1-3-5-7-9-11-13-15-17-21-25-29-33-37-43(48)49-38-34-30-26-22-18-20-24-28-32-36-42(47)44-40(39-45)41(46)35-31-27-23-19-16-14-12-10-8-6-4-2/h20,24,31,35,40-41,45-46H,3-19,21-23,25-30,32-34,36-39H2,1-2H3,(H,44,47)/b24-20-,35-31+. The van der Waals surface area contributed by atoms with Crippen LogP contribution >= 0.6 is 0 Å². The molecule has 0 spiro atoms. The summed E-state index contributed by atoms with van der Waals surface area (Å²) in [6.45, 7) is 4.77. The predicted octanol–water partition coefficient (Wildman–Crippen LogP) is 11.6. The van der Waals surface area contributed by atoms with Gasteiger partial charge in [-0.1, -0.05) is 173 Å². The highest BCUT2D eigenvalue weighted by atomic mass is 16.5. The van der Waals surface area contributed by atoms with Crippen molar-refractivity contribution >= 4 is 11.9 Å². The van der Waals surface area contributed by atoms with E-state index in [4.69, 9.17) is 4.74 Å². The summed E-state index contributed by atoms with van der Waals surface area (Å²) < 4.78 is 5.41. The Morgan fingerprint density at radius 2 is 0.980 bits per heavy atom. The van der Waals surface area contributed by atoms with E-state index in [1.54, 1.807) is 6.08 Å². The molecule has 2 unspecified atom stereocenters. The average molecular weight is 692 g/mol. The lowest BCUT2D eigenvalue weighted by molar-refractivity contribution is -0.143. The van der Waals surface area contributed by atoms with E-state index < -0.39 is 12.1 Å². The van der Waals surface area contributed by atoms with E-state index in [-0.39, 0.29) is 18.5 Å². The number of aliphatic hydroxyl groups excluding tert-OH is 2. The van der Waals surface area contributed by atoms with Crippen LogP contribution in [0.4, 0.5) is 0 Å². The summed E-state index contributed by atoms with van der Waals surface area (Å²) in [5, 5.41) is 22.8. The third-order valence-electron chi connectivity index (χ3n) is 9.47. The summed E-state index contributed by atoms with van der Waals surface area (Å²) >= 11 is 0. The maximum Gasteiger partial charge on any atom is 0.305 e. The number of hydrogen-bond acceptors (Lipinski definition) is 5. The van der Waals surface area contributed by atoms with E-state index in [1.165, 1.54) is 116 Å². The smallest absolute Gasteiger partial charge is 0.305 e. The Morgan fingerprint density at radius 3 is 1.49 bits per heavy atom. The Labute approximate surface area is 303 Å². The molecular weight excluding hydrogens is 610 g/mol. The minimum Gasteiger partial charge on any atom is -0.466 e.